The number of rotatable bonds is 4. The zero-order chi connectivity index (χ0) is 14.7. The molecule has 2 N–H and O–H groups in total. The molecule has 0 spiro atoms. The van der Waals surface area contributed by atoms with Crippen molar-refractivity contribution >= 4 is 11.7 Å². The summed E-state index contributed by atoms with van der Waals surface area (Å²) in [6.45, 7) is 2.42. The monoisotopic (exact) mass is 284 g/mol. The fourth-order valence-electron chi connectivity index (χ4n) is 2.55. The van der Waals surface area contributed by atoms with Gasteiger partial charge in [0.15, 0.2) is 0 Å². The molecule has 20 heavy (non-hydrogen) atoms. The summed E-state index contributed by atoms with van der Waals surface area (Å²) < 4.78 is 27.5. The number of halogens is 2. The lowest BCUT2D eigenvalue weighted by molar-refractivity contribution is 0.0696. The molecule has 0 aliphatic carbocycles. The molecule has 0 amide bonds. The number of likely N-dealkylation sites (tertiary alicyclic amines) is 1. The van der Waals surface area contributed by atoms with Crippen LogP contribution >= 0.6 is 0 Å². The molecule has 0 radical (unpaired) electrons. The zero-order valence-electron chi connectivity index (χ0n) is 11.3. The SMILES string of the molecule is CN1CCCC(CNc2c(F)cc(C(=O)O)cc2F)C1. The van der Waals surface area contributed by atoms with Gasteiger partial charge in [-0.25, -0.2) is 13.6 Å². The van der Waals surface area contributed by atoms with Gasteiger partial charge in [0.1, 0.15) is 17.3 Å². The van der Waals surface area contributed by atoms with Crippen molar-refractivity contribution in [2.75, 3.05) is 32.0 Å². The number of benzene rings is 1. The minimum absolute atomic E-state index is 0.247. The van der Waals surface area contributed by atoms with Gasteiger partial charge in [0.05, 0.1) is 5.56 Å². The van der Waals surface area contributed by atoms with Crippen LogP contribution < -0.4 is 5.32 Å². The zero-order valence-corrected chi connectivity index (χ0v) is 11.3. The highest BCUT2D eigenvalue weighted by Gasteiger charge is 2.19. The Kier molecular flexibility index (Phi) is 4.54. The average Bonchev–Trinajstić information content (AvgIpc) is 2.37. The van der Waals surface area contributed by atoms with Crippen molar-refractivity contribution in [3.05, 3.63) is 29.3 Å². The van der Waals surface area contributed by atoms with Crippen LogP contribution in [-0.2, 0) is 0 Å². The first-order chi connectivity index (χ1) is 9.47. The maximum absolute atomic E-state index is 13.7. The van der Waals surface area contributed by atoms with E-state index in [1.54, 1.807) is 0 Å². The van der Waals surface area contributed by atoms with Gasteiger partial charge >= 0.3 is 5.97 Å². The molecular formula is C14H18F2N2O2. The van der Waals surface area contributed by atoms with Crippen LogP contribution in [0.5, 0.6) is 0 Å². The van der Waals surface area contributed by atoms with Crippen molar-refractivity contribution in [3.8, 4) is 0 Å². The van der Waals surface area contributed by atoms with E-state index in [-0.39, 0.29) is 11.3 Å². The van der Waals surface area contributed by atoms with Crippen molar-refractivity contribution in [3.63, 3.8) is 0 Å². The molecule has 1 saturated heterocycles. The second-order valence-electron chi connectivity index (χ2n) is 5.27. The molecular weight excluding hydrogens is 266 g/mol. The first-order valence-electron chi connectivity index (χ1n) is 6.62. The third kappa shape index (κ3) is 3.45. The van der Waals surface area contributed by atoms with Gasteiger partial charge in [-0.2, -0.15) is 0 Å². The Morgan fingerprint density at radius 1 is 1.45 bits per heavy atom. The van der Waals surface area contributed by atoms with Crippen LogP contribution in [0.15, 0.2) is 12.1 Å². The van der Waals surface area contributed by atoms with Crippen LogP contribution in [0.4, 0.5) is 14.5 Å². The third-order valence-electron chi connectivity index (χ3n) is 3.58. The molecule has 1 unspecified atom stereocenters. The van der Waals surface area contributed by atoms with Crippen molar-refractivity contribution in [2.45, 2.75) is 12.8 Å². The number of anilines is 1. The lowest BCUT2D eigenvalue weighted by Crippen LogP contribution is -2.35. The first kappa shape index (κ1) is 14.7. The van der Waals surface area contributed by atoms with Crippen LogP contribution in [-0.4, -0.2) is 42.7 Å². The lowest BCUT2D eigenvalue weighted by Gasteiger charge is -2.30. The molecule has 1 aromatic carbocycles. The van der Waals surface area contributed by atoms with Gasteiger partial charge in [0.25, 0.3) is 0 Å². The molecule has 1 aliphatic heterocycles. The molecule has 0 saturated carbocycles. The highest BCUT2D eigenvalue weighted by atomic mass is 19.1. The predicted molar refractivity (Wildman–Crippen MR) is 72.0 cm³/mol. The fourth-order valence-corrected chi connectivity index (χ4v) is 2.55. The second-order valence-corrected chi connectivity index (χ2v) is 5.27. The number of hydrogen-bond donors (Lipinski definition) is 2. The van der Waals surface area contributed by atoms with Crippen LogP contribution in [0.1, 0.15) is 23.2 Å². The van der Waals surface area contributed by atoms with E-state index in [1.165, 1.54) is 0 Å². The molecule has 6 heteroatoms. The third-order valence-corrected chi connectivity index (χ3v) is 3.58. The molecule has 2 rings (SSSR count). The minimum Gasteiger partial charge on any atom is -0.478 e. The van der Waals surface area contributed by atoms with Crippen molar-refractivity contribution < 1.29 is 18.7 Å². The molecule has 1 fully saturated rings. The van der Waals surface area contributed by atoms with Crippen LogP contribution in [0.25, 0.3) is 0 Å². The molecule has 1 atom stereocenters. The molecule has 110 valence electrons. The quantitative estimate of drug-likeness (QED) is 0.891. The van der Waals surface area contributed by atoms with E-state index in [0.29, 0.717) is 12.5 Å². The number of piperidine rings is 1. The molecule has 1 heterocycles. The standard InChI is InChI=1S/C14H18F2N2O2/c1-18-4-2-3-9(8-18)7-17-13-11(15)5-10(14(19)20)6-12(13)16/h5-6,9,17H,2-4,7-8H2,1H3,(H,19,20). The highest BCUT2D eigenvalue weighted by molar-refractivity contribution is 5.88. The summed E-state index contributed by atoms with van der Waals surface area (Å²) in [6.07, 6.45) is 2.10. The summed E-state index contributed by atoms with van der Waals surface area (Å²) in [4.78, 5) is 12.9. The van der Waals surface area contributed by atoms with Gasteiger partial charge in [-0.15, -0.1) is 0 Å². The molecule has 0 aromatic heterocycles. The lowest BCUT2D eigenvalue weighted by atomic mass is 9.98. The Morgan fingerprint density at radius 3 is 2.65 bits per heavy atom. The molecule has 0 bridgehead atoms. The van der Waals surface area contributed by atoms with Gasteiger partial charge in [-0.05, 0) is 44.5 Å². The van der Waals surface area contributed by atoms with Crippen molar-refractivity contribution in [1.29, 1.82) is 0 Å². The van der Waals surface area contributed by atoms with Gasteiger partial charge in [0, 0.05) is 13.1 Å². The summed E-state index contributed by atoms with van der Waals surface area (Å²) in [5, 5.41) is 11.5. The Morgan fingerprint density at radius 2 is 2.10 bits per heavy atom. The van der Waals surface area contributed by atoms with Gasteiger partial charge in [-0.3, -0.25) is 0 Å². The van der Waals surface area contributed by atoms with Crippen LogP contribution in [0, 0.1) is 17.6 Å². The first-order valence-corrected chi connectivity index (χ1v) is 6.62. The smallest absolute Gasteiger partial charge is 0.335 e. The topological polar surface area (TPSA) is 52.6 Å². The Bertz CT molecular complexity index is 485. The second kappa shape index (κ2) is 6.17. The number of nitrogens with one attached hydrogen (secondary N) is 1. The Labute approximate surface area is 116 Å². The number of nitrogens with zero attached hydrogens (tertiary/aromatic N) is 1. The fraction of sp³-hybridized carbons (Fsp3) is 0.500. The van der Waals surface area contributed by atoms with Crippen molar-refractivity contribution in [2.24, 2.45) is 5.92 Å². The summed E-state index contributed by atoms with van der Waals surface area (Å²) in [5.74, 6) is -2.74. The van der Waals surface area contributed by atoms with Gasteiger partial charge < -0.3 is 15.3 Å². The number of aromatic carboxylic acids is 1. The minimum atomic E-state index is -1.34. The summed E-state index contributed by atoms with van der Waals surface area (Å²) in [5.41, 5.74) is -0.633. The Hall–Kier alpha value is -1.69. The summed E-state index contributed by atoms with van der Waals surface area (Å²) in [7, 11) is 2.02. The number of carbonyl (C=O) groups is 1. The normalized spacial score (nSPS) is 19.9. The summed E-state index contributed by atoms with van der Waals surface area (Å²) >= 11 is 0. The van der Waals surface area contributed by atoms with Crippen LogP contribution in [0.2, 0.25) is 0 Å². The van der Waals surface area contributed by atoms with Crippen LogP contribution in [0.3, 0.4) is 0 Å². The molecule has 1 aliphatic rings. The van der Waals surface area contributed by atoms with Crippen molar-refractivity contribution in [1.82, 2.24) is 4.90 Å². The van der Waals surface area contributed by atoms with E-state index < -0.39 is 17.6 Å². The average molecular weight is 284 g/mol. The maximum Gasteiger partial charge on any atom is 0.335 e. The van der Waals surface area contributed by atoms with E-state index in [4.69, 9.17) is 5.11 Å². The molecule has 1 aromatic rings. The summed E-state index contributed by atoms with van der Waals surface area (Å²) in [6, 6.07) is 1.67. The van der Waals surface area contributed by atoms with E-state index in [2.05, 4.69) is 10.2 Å². The predicted octanol–water partition coefficient (Wildman–Crippen LogP) is 2.42. The Balaban J connectivity index is 2.04. The van der Waals surface area contributed by atoms with E-state index in [9.17, 15) is 13.6 Å². The van der Waals surface area contributed by atoms with Gasteiger partial charge in [-0.1, -0.05) is 0 Å². The highest BCUT2D eigenvalue weighted by Crippen LogP contribution is 2.22. The number of carboxylic acid groups (broad SMARTS) is 1. The number of carboxylic acids is 1. The largest absolute Gasteiger partial charge is 0.478 e. The van der Waals surface area contributed by atoms with E-state index in [0.717, 1.165) is 38.1 Å². The van der Waals surface area contributed by atoms with E-state index in [1.807, 2.05) is 7.05 Å². The molecule has 4 nitrogen and oxygen atoms in total. The van der Waals surface area contributed by atoms with E-state index >= 15 is 0 Å². The number of hydrogen-bond acceptors (Lipinski definition) is 3. The van der Waals surface area contributed by atoms with Gasteiger partial charge in [0.2, 0.25) is 0 Å². The maximum atomic E-state index is 13.7.